The maximum absolute atomic E-state index is 13.2. The molecule has 2 aromatic heterocycles. The SMILES string of the molecule is O=C(OCCn1cnc([N+](=O)[O-])c1)c1cnn(-c2cccc(F)c2)c1. The molecule has 25 heavy (non-hydrogen) atoms. The smallest absolute Gasteiger partial charge is 0.381 e. The first-order valence-corrected chi connectivity index (χ1v) is 7.17. The van der Waals surface area contributed by atoms with E-state index in [0.717, 1.165) is 0 Å². The number of nitrogens with zero attached hydrogens (tertiary/aromatic N) is 5. The number of nitro groups is 1. The fourth-order valence-electron chi connectivity index (χ4n) is 2.08. The zero-order valence-electron chi connectivity index (χ0n) is 12.8. The second-order valence-corrected chi connectivity index (χ2v) is 5.02. The Balaban J connectivity index is 1.57. The molecule has 0 aliphatic carbocycles. The molecule has 3 rings (SSSR count). The Bertz CT molecular complexity index is 920. The molecule has 10 heteroatoms. The molecule has 0 radical (unpaired) electrons. The van der Waals surface area contributed by atoms with Gasteiger partial charge < -0.3 is 19.4 Å². The van der Waals surface area contributed by atoms with Crippen LogP contribution in [0.3, 0.4) is 0 Å². The summed E-state index contributed by atoms with van der Waals surface area (Å²) in [6.07, 6.45) is 5.28. The second-order valence-electron chi connectivity index (χ2n) is 5.02. The fourth-order valence-corrected chi connectivity index (χ4v) is 2.08. The summed E-state index contributed by atoms with van der Waals surface area (Å²) in [6, 6.07) is 5.78. The van der Waals surface area contributed by atoms with Gasteiger partial charge in [-0.1, -0.05) is 6.07 Å². The summed E-state index contributed by atoms with van der Waals surface area (Å²) in [5.74, 6) is -1.29. The van der Waals surface area contributed by atoms with Crippen LogP contribution in [-0.4, -0.2) is 36.8 Å². The van der Waals surface area contributed by atoms with Crippen LogP contribution in [0.1, 0.15) is 10.4 Å². The van der Waals surface area contributed by atoms with E-state index in [9.17, 15) is 19.3 Å². The van der Waals surface area contributed by atoms with E-state index >= 15 is 0 Å². The Labute approximate surface area is 140 Å². The van der Waals surface area contributed by atoms with Crippen molar-refractivity contribution in [2.45, 2.75) is 6.54 Å². The van der Waals surface area contributed by atoms with Gasteiger partial charge in [0, 0.05) is 6.20 Å². The highest BCUT2D eigenvalue weighted by Gasteiger charge is 2.13. The first-order chi connectivity index (χ1) is 12.0. The van der Waals surface area contributed by atoms with Crippen molar-refractivity contribution in [1.82, 2.24) is 19.3 Å². The molecule has 0 amide bonds. The second kappa shape index (κ2) is 6.91. The molecule has 0 unspecified atom stereocenters. The number of halogens is 1. The van der Waals surface area contributed by atoms with Gasteiger partial charge in [0.2, 0.25) is 6.33 Å². The number of imidazole rings is 1. The molecular weight excluding hydrogens is 333 g/mol. The van der Waals surface area contributed by atoms with Crippen LogP contribution in [0.15, 0.2) is 49.2 Å². The third kappa shape index (κ3) is 3.86. The Kier molecular flexibility index (Phi) is 4.50. The lowest BCUT2D eigenvalue weighted by Gasteiger charge is -2.03. The molecular formula is C15H12FN5O4. The standard InChI is InChI=1S/C15H12FN5O4/c16-12-2-1-3-13(6-12)20-8-11(7-18-20)15(22)25-5-4-19-9-14(17-10-19)21(23)24/h1-3,6-10H,4-5H2. The third-order valence-electron chi connectivity index (χ3n) is 3.28. The predicted octanol–water partition coefficient (Wildman–Crippen LogP) is 1.97. The molecule has 0 atom stereocenters. The first-order valence-electron chi connectivity index (χ1n) is 7.17. The van der Waals surface area contributed by atoms with E-state index in [1.165, 1.54) is 52.4 Å². The topological polar surface area (TPSA) is 105 Å². The highest BCUT2D eigenvalue weighted by molar-refractivity contribution is 5.88. The van der Waals surface area contributed by atoms with E-state index in [1.807, 2.05) is 0 Å². The van der Waals surface area contributed by atoms with Crippen LogP contribution in [0.2, 0.25) is 0 Å². The molecule has 0 N–H and O–H groups in total. The highest BCUT2D eigenvalue weighted by Crippen LogP contribution is 2.11. The lowest BCUT2D eigenvalue weighted by molar-refractivity contribution is -0.389. The quantitative estimate of drug-likeness (QED) is 0.384. The van der Waals surface area contributed by atoms with Crippen molar-refractivity contribution in [3.8, 4) is 5.69 Å². The van der Waals surface area contributed by atoms with E-state index in [2.05, 4.69) is 10.1 Å². The number of benzene rings is 1. The number of rotatable bonds is 6. The lowest BCUT2D eigenvalue weighted by atomic mass is 10.3. The van der Waals surface area contributed by atoms with Crippen molar-refractivity contribution in [3.05, 3.63) is 70.7 Å². The number of esters is 1. The van der Waals surface area contributed by atoms with Gasteiger partial charge in [-0.2, -0.15) is 5.10 Å². The van der Waals surface area contributed by atoms with Crippen LogP contribution in [0, 0.1) is 15.9 Å². The molecule has 0 bridgehead atoms. The third-order valence-corrected chi connectivity index (χ3v) is 3.28. The molecule has 1 aromatic carbocycles. The van der Waals surface area contributed by atoms with Crippen molar-refractivity contribution in [1.29, 1.82) is 0 Å². The van der Waals surface area contributed by atoms with Gasteiger partial charge in [0.15, 0.2) is 0 Å². The average molecular weight is 345 g/mol. The summed E-state index contributed by atoms with van der Waals surface area (Å²) in [7, 11) is 0. The van der Waals surface area contributed by atoms with Crippen LogP contribution in [0.25, 0.3) is 5.69 Å². The molecule has 9 nitrogen and oxygen atoms in total. The number of ether oxygens (including phenoxy) is 1. The van der Waals surface area contributed by atoms with Crippen LogP contribution in [0.5, 0.6) is 0 Å². The van der Waals surface area contributed by atoms with E-state index in [4.69, 9.17) is 4.74 Å². The highest BCUT2D eigenvalue weighted by atomic mass is 19.1. The van der Waals surface area contributed by atoms with E-state index < -0.39 is 16.7 Å². The van der Waals surface area contributed by atoms with Gasteiger partial charge in [-0.25, -0.2) is 13.9 Å². The van der Waals surface area contributed by atoms with E-state index in [0.29, 0.717) is 5.69 Å². The summed E-state index contributed by atoms with van der Waals surface area (Å²) in [4.78, 5) is 25.5. The molecule has 0 aliphatic rings. The van der Waals surface area contributed by atoms with Gasteiger partial charge in [0.1, 0.15) is 18.6 Å². The lowest BCUT2D eigenvalue weighted by Crippen LogP contribution is -2.10. The average Bonchev–Trinajstić information content (AvgIpc) is 3.24. The van der Waals surface area contributed by atoms with Crippen LogP contribution < -0.4 is 0 Å². The van der Waals surface area contributed by atoms with Gasteiger partial charge in [-0.3, -0.25) is 0 Å². The molecule has 0 fully saturated rings. The summed E-state index contributed by atoms with van der Waals surface area (Å²) in [5.41, 5.74) is 0.686. The summed E-state index contributed by atoms with van der Waals surface area (Å²) in [6.45, 7) is 0.238. The monoisotopic (exact) mass is 345 g/mol. The normalized spacial score (nSPS) is 10.6. The molecule has 3 aromatic rings. The van der Waals surface area contributed by atoms with Gasteiger partial charge >= 0.3 is 11.8 Å². The summed E-state index contributed by atoms with van der Waals surface area (Å²) >= 11 is 0. The Morgan fingerprint density at radius 3 is 2.92 bits per heavy atom. The Morgan fingerprint density at radius 2 is 2.20 bits per heavy atom. The van der Waals surface area contributed by atoms with E-state index in [1.54, 1.807) is 6.07 Å². The molecule has 2 heterocycles. The summed E-state index contributed by atoms with van der Waals surface area (Å²) < 4.78 is 21.1. The van der Waals surface area contributed by atoms with E-state index in [-0.39, 0.29) is 24.5 Å². The molecule has 128 valence electrons. The minimum atomic E-state index is -0.608. The molecule has 0 saturated carbocycles. The maximum atomic E-state index is 13.2. The molecule has 0 saturated heterocycles. The predicted molar refractivity (Wildman–Crippen MR) is 82.7 cm³/mol. The maximum Gasteiger partial charge on any atom is 0.381 e. The minimum absolute atomic E-state index is 0.0114. The molecule has 0 aliphatic heterocycles. The van der Waals surface area contributed by atoms with Gasteiger partial charge in [-0.05, 0) is 28.1 Å². The van der Waals surface area contributed by atoms with Crippen LogP contribution in [0.4, 0.5) is 10.2 Å². The number of aromatic nitrogens is 4. The number of hydrogen-bond acceptors (Lipinski definition) is 6. The Morgan fingerprint density at radius 1 is 1.36 bits per heavy atom. The van der Waals surface area contributed by atoms with Crippen molar-refractivity contribution in [2.24, 2.45) is 0 Å². The largest absolute Gasteiger partial charge is 0.460 e. The number of hydrogen-bond donors (Lipinski definition) is 0. The van der Waals surface area contributed by atoms with Crippen LogP contribution >= 0.6 is 0 Å². The van der Waals surface area contributed by atoms with Gasteiger partial charge in [0.25, 0.3) is 0 Å². The van der Waals surface area contributed by atoms with Crippen LogP contribution in [-0.2, 0) is 11.3 Å². The van der Waals surface area contributed by atoms with Crippen molar-refractivity contribution >= 4 is 11.8 Å². The zero-order valence-corrected chi connectivity index (χ0v) is 12.8. The first kappa shape index (κ1) is 16.3. The molecule has 0 spiro atoms. The minimum Gasteiger partial charge on any atom is -0.460 e. The van der Waals surface area contributed by atoms with Gasteiger partial charge in [-0.15, -0.1) is 0 Å². The van der Waals surface area contributed by atoms with Crippen molar-refractivity contribution < 1.29 is 18.8 Å². The van der Waals surface area contributed by atoms with Crippen molar-refractivity contribution in [2.75, 3.05) is 6.61 Å². The Hall–Kier alpha value is -3.56. The number of carbonyl (C=O) groups excluding carboxylic acids is 1. The zero-order chi connectivity index (χ0) is 17.8. The van der Waals surface area contributed by atoms with Crippen molar-refractivity contribution in [3.63, 3.8) is 0 Å². The number of carbonyl (C=O) groups is 1. The van der Waals surface area contributed by atoms with Gasteiger partial charge in [0.05, 0.1) is 24.0 Å². The fraction of sp³-hybridized carbons (Fsp3) is 0.133. The summed E-state index contributed by atoms with van der Waals surface area (Å²) in [5, 5.41) is 14.5.